The van der Waals surface area contributed by atoms with Crippen molar-refractivity contribution in [1.82, 2.24) is 9.80 Å². The number of ether oxygens (including phenoxy) is 2. The fraction of sp³-hybridized carbons (Fsp3) is 0.296. The summed E-state index contributed by atoms with van der Waals surface area (Å²) >= 11 is 0. The van der Waals surface area contributed by atoms with Crippen LogP contribution in [0.3, 0.4) is 0 Å². The van der Waals surface area contributed by atoms with Crippen molar-refractivity contribution in [2.75, 3.05) is 37.7 Å². The SMILES string of the molecule is Cc1ccc(S(=O)(=O)Nc2ccc(C(=O)N3CCN(Cc4ccc5c(c4)OCO5)CC3)cc2C)cc1. The highest BCUT2D eigenvalue weighted by Gasteiger charge is 2.24. The zero-order valence-electron chi connectivity index (χ0n) is 20.4. The summed E-state index contributed by atoms with van der Waals surface area (Å²) < 4.78 is 39.0. The highest BCUT2D eigenvalue weighted by Crippen LogP contribution is 2.33. The zero-order valence-corrected chi connectivity index (χ0v) is 21.2. The van der Waals surface area contributed by atoms with Crippen LogP contribution in [0.25, 0.3) is 0 Å². The Balaban J connectivity index is 1.19. The second-order valence-corrected chi connectivity index (χ2v) is 10.9. The Labute approximate surface area is 211 Å². The molecule has 2 aliphatic heterocycles. The Morgan fingerprint density at radius 3 is 2.33 bits per heavy atom. The van der Waals surface area contributed by atoms with Gasteiger partial charge in [0.25, 0.3) is 15.9 Å². The number of benzene rings is 3. The zero-order chi connectivity index (χ0) is 25.3. The second kappa shape index (κ2) is 9.83. The first-order chi connectivity index (χ1) is 17.3. The number of rotatable bonds is 6. The Kier molecular flexibility index (Phi) is 6.59. The minimum Gasteiger partial charge on any atom is -0.454 e. The molecule has 36 heavy (non-hydrogen) atoms. The van der Waals surface area contributed by atoms with Gasteiger partial charge in [-0.15, -0.1) is 0 Å². The third-order valence-electron chi connectivity index (χ3n) is 6.55. The molecule has 0 radical (unpaired) electrons. The maximum atomic E-state index is 13.1. The first kappa shape index (κ1) is 24.1. The predicted octanol–water partition coefficient (Wildman–Crippen LogP) is 3.79. The van der Waals surface area contributed by atoms with Gasteiger partial charge in [0.2, 0.25) is 6.79 Å². The molecule has 1 saturated heterocycles. The highest BCUT2D eigenvalue weighted by atomic mass is 32.2. The van der Waals surface area contributed by atoms with Crippen LogP contribution in [0, 0.1) is 13.8 Å². The molecule has 5 rings (SSSR count). The number of fused-ring (bicyclic) bond motifs is 1. The van der Waals surface area contributed by atoms with Gasteiger partial charge < -0.3 is 14.4 Å². The van der Waals surface area contributed by atoms with E-state index in [1.807, 2.05) is 30.0 Å². The van der Waals surface area contributed by atoms with Gasteiger partial charge in [-0.1, -0.05) is 23.8 Å². The predicted molar refractivity (Wildman–Crippen MR) is 137 cm³/mol. The summed E-state index contributed by atoms with van der Waals surface area (Å²) in [4.78, 5) is 17.5. The molecule has 0 aliphatic carbocycles. The summed E-state index contributed by atoms with van der Waals surface area (Å²) in [7, 11) is -3.71. The normalized spacial score (nSPS) is 15.7. The minimum atomic E-state index is -3.71. The summed E-state index contributed by atoms with van der Waals surface area (Å²) in [5, 5.41) is 0. The average molecular weight is 508 g/mol. The molecule has 188 valence electrons. The fourth-order valence-corrected chi connectivity index (χ4v) is 5.55. The lowest BCUT2D eigenvalue weighted by Gasteiger charge is -2.35. The van der Waals surface area contributed by atoms with Gasteiger partial charge in [-0.05, 0) is 67.4 Å². The number of aryl methyl sites for hydroxylation is 2. The molecule has 3 aromatic carbocycles. The molecule has 0 saturated carbocycles. The van der Waals surface area contributed by atoms with Gasteiger partial charge in [-0.25, -0.2) is 8.42 Å². The standard InChI is InChI=1S/C27H29N3O5S/c1-19-3-7-23(8-4-19)36(32,33)28-24-9-6-22(15-20(24)2)27(31)30-13-11-29(12-14-30)17-21-5-10-25-26(16-21)35-18-34-25/h3-10,15-16,28H,11-14,17-18H2,1-2H3. The Bertz CT molecular complexity index is 1380. The Morgan fingerprint density at radius 1 is 0.889 bits per heavy atom. The van der Waals surface area contributed by atoms with Crippen molar-refractivity contribution in [3.63, 3.8) is 0 Å². The first-order valence-electron chi connectivity index (χ1n) is 11.9. The number of nitrogens with zero attached hydrogens (tertiary/aromatic N) is 2. The third kappa shape index (κ3) is 5.17. The van der Waals surface area contributed by atoms with E-state index in [9.17, 15) is 13.2 Å². The molecule has 0 unspecified atom stereocenters. The third-order valence-corrected chi connectivity index (χ3v) is 7.93. The van der Waals surface area contributed by atoms with Crippen LogP contribution in [0.2, 0.25) is 0 Å². The maximum absolute atomic E-state index is 13.1. The van der Waals surface area contributed by atoms with Crippen LogP contribution in [-0.4, -0.2) is 57.1 Å². The van der Waals surface area contributed by atoms with Crippen molar-refractivity contribution in [2.24, 2.45) is 0 Å². The molecule has 1 N–H and O–H groups in total. The largest absolute Gasteiger partial charge is 0.454 e. The van der Waals surface area contributed by atoms with Gasteiger partial charge in [-0.2, -0.15) is 0 Å². The number of carbonyl (C=O) groups is 1. The molecule has 2 heterocycles. The number of nitrogens with one attached hydrogen (secondary N) is 1. The molecule has 8 nitrogen and oxygen atoms in total. The van der Waals surface area contributed by atoms with E-state index in [4.69, 9.17) is 9.47 Å². The van der Waals surface area contributed by atoms with Gasteiger partial charge in [0, 0.05) is 38.3 Å². The van der Waals surface area contributed by atoms with Crippen molar-refractivity contribution in [3.05, 3.63) is 82.9 Å². The van der Waals surface area contributed by atoms with Gasteiger partial charge in [0.05, 0.1) is 10.6 Å². The van der Waals surface area contributed by atoms with Crippen LogP contribution < -0.4 is 14.2 Å². The number of hydrogen-bond acceptors (Lipinski definition) is 6. The molecule has 3 aromatic rings. The van der Waals surface area contributed by atoms with Crippen LogP contribution in [0.5, 0.6) is 11.5 Å². The maximum Gasteiger partial charge on any atom is 0.261 e. The summed E-state index contributed by atoms with van der Waals surface area (Å²) in [6.45, 7) is 7.55. The topological polar surface area (TPSA) is 88.2 Å². The number of anilines is 1. The summed E-state index contributed by atoms with van der Waals surface area (Å²) in [6.07, 6.45) is 0. The van der Waals surface area contributed by atoms with E-state index < -0.39 is 10.0 Å². The molecule has 2 aliphatic rings. The van der Waals surface area contributed by atoms with E-state index in [2.05, 4.69) is 9.62 Å². The number of sulfonamides is 1. The van der Waals surface area contributed by atoms with Crippen molar-refractivity contribution < 1.29 is 22.7 Å². The summed E-state index contributed by atoms with van der Waals surface area (Å²) in [6, 6.07) is 17.8. The second-order valence-electron chi connectivity index (χ2n) is 9.20. The molecule has 1 amide bonds. The van der Waals surface area contributed by atoms with Crippen molar-refractivity contribution >= 4 is 21.6 Å². The number of amides is 1. The summed E-state index contributed by atoms with van der Waals surface area (Å²) in [5.74, 6) is 1.51. The van der Waals surface area contributed by atoms with Gasteiger partial charge in [0.1, 0.15) is 0 Å². The van der Waals surface area contributed by atoms with Crippen molar-refractivity contribution in [3.8, 4) is 11.5 Å². The Hall–Kier alpha value is -3.56. The van der Waals surface area contributed by atoms with E-state index >= 15 is 0 Å². The van der Waals surface area contributed by atoms with Crippen LogP contribution in [0.4, 0.5) is 5.69 Å². The minimum absolute atomic E-state index is 0.0474. The molecule has 0 spiro atoms. The molecule has 0 aromatic heterocycles. The van der Waals surface area contributed by atoms with E-state index in [-0.39, 0.29) is 17.6 Å². The number of piperazine rings is 1. The van der Waals surface area contributed by atoms with E-state index in [0.717, 1.165) is 42.3 Å². The molecule has 0 atom stereocenters. The van der Waals surface area contributed by atoms with Crippen LogP contribution in [0.1, 0.15) is 27.0 Å². The van der Waals surface area contributed by atoms with E-state index in [0.29, 0.717) is 29.9 Å². The number of hydrogen-bond donors (Lipinski definition) is 1. The first-order valence-corrected chi connectivity index (χ1v) is 13.4. The average Bonchev–Trinajstić information content (AvgIpc) is 3.33. The van der Waals surface area contributed by atoms with Crippen LogP contribution in [0.15, 0.2) is 65.6 Å². The Morgan fingerprint density at radius 2 is 1.61 bits per heavy atom. The smallest absolute Gasteiger partial charge is 0.261 e. The lowest BCUT2D eigenvalue weighted by atomic mass is 10.1. The lowest BCUT2D eigenvalue weighted by molar-refractivity contribution is 0.0628. The van der Waals surface area contributed by atoms with E-state index in [1.165, 1.54) is 0 Å². The lowest BCUT2D eigenvalue weighted by Crippen LogP contribution is -2.48. The molecule has 1 fully saturated rings. The van der Waals surface area contributed by atoms with Gasteiger partial charge >= 0.3 is 0 Å². The fourth-order valence-electron chi connectivity index (χ4n) is 4.42. The molecule has 0 bridgehead atoms. The van der Waals surface area contributed by atoms with Crippen LogP contribution >= 0.6 is 0 Å². The van der Waals surface area contributed by atoms with Crippen LogP contribution in [-0.2, 0) is 16.6 Å². The molecular weight excluding hydrogens is 478 g/mol. The monoisotopic (exact) mass is 507 g/mol. The molecular formula is C27H29N3O5S. The summed E-state index contributed by atoms with van der Waals surface area (Å²) in [5.41, 5.74) is 3.84. The van der Waals surface area contributed by atoms with Gasteiger partial charge in [0.15, 0.2) is 11.5 Å². The van der Waals surface area contributed by atoms with Crippen molar-refractivity contribution in [1.29, 1.82) is 0 Å². The van der Waals surface area contributed by atoms with Gasteiger partial charge in [-0.3, -0.25) is 14.4 Å². The molecule has 9 heteroatoms. The quantitative estimate of drug-likeness (QED) is 0.546. The van der Waals surface area contributed by atoms with Crippen molar-refractivity contribution in [2.45, 2.75) is 25.3 Å². The van der Waals surface area contributed by atoms with E-state index in [1.54, 1.807) is 49.4 Å². The number of carbonyl (C=O) groups excluding carboxylic acids is 1. The highest BCUT2D eigenvalue weighted by molar-refractivity contribution is 7.92.